The van der Waals surface area contributed by atoms with Crippen molar-refractivity contribution in [2.75, 3.05) is 18.2 Å². The lowest BCUT2D eigenvalue weighted by Gasteiger charge is -2.08. The number of ether oxygens (including phenoxy) is 1. The number of methoxy groups -OCH3 is 1. The maximum Gasteiger partial charge on any atom is 0.350 e. The van der Waals surface area contributed by atoms with Crippen molar-refractivity contribution in [1.29, 1.82) is 0 Å². The van der Waals surface area contributed by atoms with Gasteiger partial charge in [-0.2, -0.15) is 0 Å². The average Bonchev–Trinajstić information content (AvgIpc) is 2.79. The van der Waals surface area contributed by atoms with Gasteiger partial charge in [0.15, 0.2) is 0 Å². The van der Waals surface area contributed by atoms with Crippen molar-refractivity contribution < 1.29 is 14.3 Å². The normalized spacial score (nSPS) is 10.2. The molecule has 2 aromatic rings. The van der Waals surface area contributed by atoms with Crippen molar-refractivity contribution in [2.24, 2.45) is 0 Å². The van der Waals surface area contributed by atoms with Gasteiger partial charge in [-0.15, -0.1) is 11.3 Å². The van der Waals surface area contributed by atoms with Gasteiger partial charge in [0.2, 0.25) is 5.91 Å². The van der Waals surface area contributed by atoms with Gasteiger partial charge >= 0.3 is 5.97 Å². The molecular formula is C15H16N2O3S. The molecule has 0 saturated heterocycles. The predicted molar refractivity (Wildman–Crippen MR) is 83.6 cm³/mol. The van der Waals surface area contributed by atoms with Crippen LogP contribution in [0.1, 0.15) is 20.8 Å². The van der Waals surface area contributed by atoms with E-state index in [1.807, 2.05) is 18.4 Å². The second kappa shape index (κ2) is 6.41. The van der Waals surface area contributed by atoms with E-state index < -0.39 is 5.97 Å². The van der Waals surface area contributed by atoms with Crippen molar-refractivity contribution in [3.8, 4) is 0 Å². The molecule has 0 atom stereocenters. The standard InChI is InChI=1S/C15H16N2O3S/c1-9-8-21-14(15(19)20-2)13(9)17-12(18)7-10-4-3-5-11(16)6-10/h3-6,8H,7,16H2,1-2H3,(H,17,18). The molecule has 110 valence electrons. The number of esters is 1. The van der Waals surface area contributed by atoms with Crippen molar-refractivity contribution >= 4 is 34.6 Å². The van der Waals surface area contributed by atoms with Gasteiger partial charge in [-0.1, -0.05) is 12.1 Å². The molecule has 1 heterocycles. The maximum absolute atomic E-state index is 12.1. The average molecular weight is 304 g/mol. The topological polar surface area (TPSA) is 81.4 Å². The molecule has 21 heavy (non-hydrogen) atoms. The first-order valence-electron chi connectivity index (χ1n) is 6.32. The third-order valence-electron chi connectivity index (χ3n) is 2.93. The lowest BCUT2D eigenvalue weighted by Crippen LogP contribution is -2.16. The molecule has 0 radical (unpaired) electrons. The van der Waals surface area contributed by atoms with Crippen LogP contribution in [0.4, 0.5) is 11.4 Å². The zero-order valence-electron chi connectivity index (χ0n) is 11.8. The van der Waals surface area contributed by atoms with E-state index in [4.69, 9.17) is 10.5 Å². The fraction of sp³-hybridized carbons (Fsp3) is 0.200. The van der Waals surface area contributed by atoms with E-state index in [1.165, 1.54) is 18.4 Å². The van der Waals surface area contributed by atoms with Gasteiger partial charge in [0.1, 0.15) is 4.88 Å². The fourth-order valence-electron chi connectivity index (χ4n) is 1.91. The Labute approximate surface area is 126 Å². The fourth-order valence-corrected chi connectivity index (χ4v) is 2.84. The number of benzene rings is 1. The summed E-state index contributed by atoms with van der Waals surface area (Å²) in [5, 5.41) is 4.58. The number of nitrogens with one attached hydrogen (secondary N) is 1. The zero-order chi connectivity index (χ0) is 15.4. The highest BCUT2D eigenvalue weighted by Gasteiger charge is 2.18. The molecule has 0 aliphatic heterocycles. The molecule has 5 nitrogen and oxygen atoms in total. The van der Waals surface area contributed by atoms with Crippen LogP contribution in [0.25, 0.3) is 0 Å². The summed E-state index contributed by atoms with van der Waals surface area (Å²) >= 11 is 1.25. The minimum atomic E-state index is -0.452. The smallest absolute Gasteiger partial charge is 0.350 e. The van der Waals surface area contributed by atoms with Crippen molar-refractivity contribution in [3.63, 3.8) is 0 Å². The highest BCUT2D eigenvalue weighted by Crippen LogP contribution is 2.28. The van der Waals surface area contributed by atoms with Crippen molar-refractivity contribution in [2.45, 2.75) is 13.3 Å². The maximum atomic E-state index is 12.1. The Bertz CT molecular complexity index is 679. The van der Waals surface area contributed by atoms with Gasteiger partial charge in [0.05, 0.1) is 19.2 Å². The number of nitrogen functional groups attached to an aromatic ring is 1. The summed E-state index contributed by atoms with van der Waals surface area (Å²) in [6.45, 7) is 1.83. The Hall–Kier alpha value is -2.34. The minimum Gasteiger partial charge on any atom is -0.465 e. The molecule has 0 fully saturated rings. The number of aryl methyl sites for hydroxylation is 1. The summed E-state index contributed by atoms with van der Waals surface area (Å²) in [4.78, 5) is 24.2. The molecule has 0 aliphatic carbocycles. The number of amides is 1. The Morgan fingerprint density at radius 1 is 1.38 bits per heavy atom. The van der Waals surface area contributed by atoms with Crippen LogP contribution in [-0.2, 0) is 16.0 Å². The lowest BCUT2D eigenvalue weighted by molar-refractivity contribution is -0.115. The highest BCUT2D eigenvalue weighted by molar-refractivity contribution is 7.12. The molecule has 0 spiro atoms. The summed E-state index contributed by atoms with van der Waals surface area (Å²) in [6, 6.07) is 7.15. The van der Waals surface area contributed by atoms with Gasteiger partial charge in [0, 0.05) is 5.69 Å². The Kier molecular flexibility index (Phi) is 4.59. The summed E-state index contributed by atoms with van der Waals surface area (Å²) in [7, 11) is 1.32. The van der Waals surface area contributed by atoms with E-state index in [9.17, 15) is 9.59 Å². The van der Waals surface area contributed by atoms with E-state index in [-0.39, 0.29) is 12.3 Å². The molecule has 1 aromatic heterocycles. The third kappa shape index (κ3) is 3.61. The van der Waals surface area contributed by atoms with E-state index in [0.717, 1.165) is 11.1 Å². The molecular weight excluding hydrogens is 288 g/mol. The molecule has 0 unspecified atom stereocenters. The second-order valence-electron chi connectivity index (χ2n) is 4.58. The summed E-state index contributed by atoms with van der Waals surface area (Å²) in [6.07, 6.45) is 0.195. The Morgan fingerprint density at radius 2 is 2.14 bits per heavy atom. The number of anilines is 2. The van der Waals surface area contributed by atoms with Crippen LogP contribution < -0.4 is 11.1 Å². The molecule has 3 N–H and O–H groups in total. The van der Waals surface area contributed by atoms with Crippen LogP contribution >= 0.6 is 11.3 Å². The number of hydrogen-bond donors (Lipinski definition) is 2. The van der Waals surface area contributed by atoms with Crippen LogP contribution in [0, 0.1) is 6.92 Å². The number of nitrogens with two attached hydrogens (primary N) is 1. The van der Waals surface area contributed by atoms with E-state index >= 15 is 0 Å². The van der Waals surface area contributed by atoms with Gasteiger partial charge in [0.25, 0.3) is 0 Å². The first kappa shape index (κ1) is 15.1. The molecule has 6 heteroatoms. The number of hydrogen-bond acceptors (Lipinski definition) is 5. The summed E-state index contributed by atoms with van der Waals surface area (Å²) in [5.41, 5.74) is 8.47. The summed E-state index contributed by atoms with van der Waals surface area (Å²) in [5.74, 6) is -0.653. The van der Waals surface area contributed by atoms with Gasteiger partial charge in [-0.25, -0.2) is 4.79 Å². The van der Waals surface area contributed by atoms with E-state index in [2.05, 4.69) is 5.32 Å². The van der Waals surface area contributed by atoms with E-state index in [1.54, 1.807) is 18.2 Å². The van der Waals surface area contributed by atoms with E-state index in [0.29, 0.717) is 16.3 Å². The Morgan fingerprint density at radius 3 is 2.81 bits per heavy atom. The zero-order valence-corrected chi connectivity index (χ0v) is 12.6. The molecule has 0 saturated carbocycles. The highest BCUT2D eigenvalue weighted by atomic mass is 32.1. The van der Waals surface area contributed by atoms with Gasteiger partial charge < -0.3 is 15.8 Å². The quantitative estimate of drug-likeness (QED) is 0.672. The van der Waals surface area contributed by atoms with Gasteiger partial charge in [-0.05, 0) is 35.6 Å². The SMILES string of the molecule is COC(=O)c1scc(C)c1NC(=O)Cc1cccc(N)c1. The second-order valence-corrected chi connectivity index (χ2v) is 5.46. The number of thiophene rings is 1. The first-order chi connectivity index (χ1) is 10.0. The Balaban J connectivity index is 2.13. The molecule has 0 bridgehead atoms. The first-order valence-corrected chi connectivity index (χ1v) is 7.20. The molecule has 0 aliphatic rings. The molecule has 1 aromatic carbocycles. The van der Waals surface area contributed by atoms with Crippen LogP contribution in [0.15, 0.2) is 29.6 Å². The number of carbonyl (C=O) groups excluding carboxylic acids is 2. The number of rotatable bonds is 4. The molecule has 1 amide bonds. The van der Waals surface area contributed by atoms with Crippen LogP contribution in [0.2, 0.25) is 0 Å². The predicted octanol–water partition coefficient (Wildman–Crippen LogP) is 2.61. The van der Waals surface area contributed by atoms with Crippen molar-refractivity contribution in [1.82, 2.24) is 0 Å². The van der Waals surface area contributed by atoms with Crippen LogP contribution in [-0.4, -0.2) is 19.0 Å². The largest absolute Gasteiger partial charge is 0.465 e. The lowest BCUT2D eigenvalue weighted by atomic mass is 10.1. The van der Waals surface area contributed by atoms with Crippen molar-refractivity contribution in [3.05, 3.63) is 45.6 Å². The monoisotopic (exact) mass is 304 g/mol. The van der Waals surface area contributed by atoms with Crippen LogP contribution in [0.5, 0.6) is 0 Å². The third-order valence-corrected chi connectivity index (χ3v) is 4.00. The van der Waals surface area contributed by atoms with Crippen LogP contribution in [0.3, 0.4) is 0 Å². The molecule has 2 rings (SSSR count). The number of carbonyl (C=O) groups is 2. The minimum absolute atomic E-state index is 0.195. The van der Waals surface area contributed by atoms with Gasteiger partial charge in [-0.3, -0.25) is 4.79 Å². The summed E-state index contributed by atoms with van der Waals surface area (Å²) < 4.78 is 4.71.